The third-order valence-electron chi connectivity index (χ3n) is 2.19. The number of aromatic nitrogens is 2. The number of benzene rings is 1. The molecule has 1 aromatic heterocycles. The number of H-pyrrole nitrogens is 1. The average Bonchev–Trinajstić information content (AvgIpc) is 2.73. The van der Waals surface area contributed by atoms with Gasteiger partial charge in [0.15, 0.2) is 10.9 Å². The topological polar surface area (TPSA) is 66.0 Å². The van der Waals surface area contributed by atoms with Gasteiger partial charge in [0.05, 0.1) is 0 Å². The van der Waals surface area contributed by atoms with Gasteiger partial charge in [0, 0.05) is 10.6 Å². The number of carbonyl (C=O) groups is 1. The van der Waals surface area contributed by atoms with E-state index in [4.69, 9.17) is 16.7 Å². The van der Waals surface area contributed by atoms with Crippen LogP contribution < -0.4 is 0 Å². The Morgan fingerprint density at radius 2 is 2.29 bits per heavy atom. The second-order valence-electron chi connectivity index (χ2n) is 3.29. The molecule has 0 saturated carbocycles. The summed E-state index contributed by atoms with van der Waals surface area (Å²) in [5, 5.41) is 10.2. The Bertz CT molecular complexity index is 568. The molecule has 1 heterocycles. The molecule has 1 aromatic carbocycles. The molecule has 2 rings (SSSR count). The van der Waals surface area contributed by atoms with Crippen LogP contribution >= 0.6 is 23.4 Å². The number of carboxylic acid groups (broad SMARTS) is 1. The molecule has 0 aliphatic rings. The van der Waals surface area contributed by atoms with E-state index in [1.54, 1.807) is 24.3 Å². The zero-order chi connectivity index (χ0) is 12.4. The molecule has 2 N–H and O–H groups in total. The summed E-state index contributed by atoms with van der Waals surface area (Å²) in [5.74, 6) is -1.03. The molecule has 0 saturated heterocycles. The Morgan fingerprint density at radius 1 is 1.53 bits per heavy atom. The number of rotatable bonds is 3. The zero-order valence-corrected chi connectivity index (χ0v) is 10.5. The number of halogens is 1. The Kier molecular flexibility index (Phi) is 3.40. The molecule has 0 bridgehead atoms. The maximum atomic E-state index is 11.1. The van der Waals surface area contributed by atoms with Gasteiger partial charge in [-0.25, -0.2) is 9.78 Å². The molecule has 17 heavy (non-hydrogen) atoms. The van der Waals surface area contributed by atoms with E-state index in [0.717, 1.165) is 0 Å². The molecule has 0 atom stereocenters. The first-order valence-corrected chi connectivity index (χ1v) is 6.35. The first kappa shape index (κ1) is 12.0. The van der Waals surface area contributed by atoms with Crippen molar-refractivity contribution < 1.29 is 9.90 Å². The van der Waals surface area contributed by atoms with E-state index in [-0.39, 0.29) is 5.69 Å². The highest BCUT2D eigenvalue weighted by Gasteiger charge is 2.17. The Balaban J connectivity index is 2.57. The van der Waals surface area contributed by atoms with Gasteiger partial charge in [-0.2, -0.15) is 0 Å². The van der Waals surface area contributed by atoms with Gasteiger partial charge < -0.3 is 10.1 Å². The predicted molar refractivity (Wildman–Crippen MR) is 67.8 cm³/mol. The summed E-state index contributed by atoms with van der Waals surface area (Å²) in [5.41, 5.74) is 1.17. The number of thioether (sulfide) groups is 1. The van der Waals surface area contributed by atoms with Gasteiger partial charge in [0.25, 0.3) is 0 Å². The standard InChI is InChI=1S/C11H9ClN2O2S/c1-17-11-13-8(9(14-11)10(15)16)6-3-2-4-7(12)5-6/h2-5H,1H3,(H,13,14)(H,15,16). The van der Waals surface area contributed by atoms with Gasteiger partial charge >= 0.3 is 5.97 Å². The van der Waals surface area contributed by atoms with Crippen LogP contribution in [-0.2, 0) is 0 Å². The second-order valence-corrected chi connectivity index (χ2v) is 4.52. The molecular formula is C11H9ClN2O2S. The largest absolute Gasteiger partial charge is 0.477 e. The highest BCUT2D eigenvalue weighted by Crippen LogP contribution is 2.26. The molecule has 6 heteroatoms. The van der Waals surface area contributed by atoms with E-state index < -0.39 is 5.97 Å². The van der Waals surface area contributed by atoms with Crippen molar-refractivity contribution in [3.63, 3.8) is 0 Å². The number of nitrogens with zero attached hydrogens (tertiary/aromatic N) is 1. The predicted octanol–water partition coefficient (Wildman–Crippen LogP) is 3.15. The molecule has 0 spiro atoms. The smallest absolute Gasteiger partial charge is 0.354 e. The van der Waals surface area contributed by atoms with Crippen LogP contribution in [0.4, 0.5) is 0 Å². The number of imidazole rings is 1. The van der Waals surface area contributed by atoms with E-state index >= 15 is 0 Å². The monoisotopic (exact) mass is 268 g/mol. The van der Waals surface area contributed by atoms with Crippen molar-refractivity contribution in [3.05, 3.63) is 35.0 Å². The summed E-state index contributed by atoms with van der Waals surface area (Å²) >= 11 is 7.23. The molecule has 0 unspecified atom stereocenters. The summed E-state index contributed by atoms with van der Waals surface area (Å²) in [6.45, 7) is 0. The normalized spacial score (nSPS) is 10.5. The van der Waals surface area contributed by atoms with Crippen LogP contribution in [-0.4, -0.2) is 27.3 Å². The second kappa shape index (κ2) is 4.81. The fraction of sp³-hybridized carbons (Fsp3) is 0.0909. The number of hydrogen-bond donors (Lipinski definition) is 2. The van der Waals surface area contributed by atoms with Gasteiger partial charge in [-0.05, 0) is 18.4 Å². The molecule has 0 aliphatic carbocycles. The van der Waals surface area contributed by atoms with Crippen molar-refractivity contribution in [2.45, 2.75) is 5.16 Å². The maximum absolute atomic E-state index is 11.1. The third kappa shape index (κ3) is 2.45. The fourth-order valence-corrected chi connectivity index (χ4v) is 2.02. The van der Waals surface area contributed by atoms with Crippen LogP contribution in [0.2, 0.25) is 5.02 Å². The summed E-state index contributed by atoms with van der Waals surface area (Å²) < 4.78 is 0. The molecule has 0 aliphatic heterocycles. The van der Waals surface area contributed by atoms with Gasteiger partial charge in [-0.1, -0.05) is 35.5 Å². The Labute approximate surface area is 107 Å². The van der Waals surface area contributed by atoms with E-state index in [1.807, 2.05) is 6.26 Å². The lowest BCUT2D eigenvalue weighted by Crippen LogP contribution is -1.99. The van der Waals surface area contributed by atoms with Crippen LogP contribution in [0, 0.1) is 0 Å². The van der Waals surface area contributed by atoms with Gasteiger partial charge in [-0.15, -0.1) is 0 Å². The maximum Gasteiger partial charge on any atom is 0.354 e. The van der Waals surface area contributed by atoms with Gasteiger partial charge in [0.2, 0.25) is 0 Å². The SMILES string of the molecule is CSc1nc(-c2cccc(Cl)c2)c(C(=O)O)[nH]1. The third-order valence-corrected chi connectivity index (χ3v) is 3.00. The highest BCUT2D eigenvalue weighted by atomic mass is 35.5. The van der Waals surface area contributed by atoms with Crippen molar-refractivity contribution >= 4 is 29.3 Å². The lowest BCUT2D eigenvalue weighted by molar-refractivity contribution is 0.0691. The molecule has 0 fully saturated rings. The fourth-order valence-electron chi connectivity index (χ4n) is 1.45. The lowest BCUT2D eigenvalue weighted by atomic mass is 10.1. The van der Waals surface area contributed by atoms with Crippen molar-refractivity contribution in [2.24, 2.45) is 0 Å². The highest BCUT2D eigenvalue weighted by molar-refractivity contribution is 7.98. The van der Waals surface area contributed by atoms with Crippen LogP contribution in [0.3, 0.4) is 0 Å². The van der Waals surface area contributed by atoms with E-state index in [2.05, 4.69) is 9.97 Å². The molecule has 88 valence electrons. The van der Waals surface area contributed by atoms with Crippen LogP contribution in [0.5, 0.6) is 0 Å². The Morgan fingerprint density at radius 3 is 2.88 bits per heavy atom. The van der Waals surface area contributed by atoms with E-state index in [0.29, 0.717) is 21.4 Å². The quantitative estimate of drug-likeness (QED) is 0.839. The molecule has 4 nitrogen and oxygen atoms in total. The van der Waals surface area contributed by atoms with Crippen molar-refractivity contribution in [2.75, 3.05) is 6.26 Å². The van der Waals surface area contributed by atoms with Crippen molar-refractivity contribution in [3.8, 4) is 11.3 Å². The van der Waals surface area contributed by atoms with Crippen LogP contribution in [0.25, 0.3) is 11.3 Å². The number of aromatic carboxylic acids is 1. The van der Waals surface area contributed by atoms with Crippen LogP contribution in [0.15, 0.2) is 29.4 Å². The average molecular weight is 269 g/mol. The number of aromatic amines is 1. The summed E-state index contributed by atoms with van der Waals surface area (Å²) in [6.07, 6.45) is 1.83. The van der Waals surface area contributed by atoms with E-state index in [1.165, 1.54) is 11.8 Å². The number of nitrogens with one attached hydrogen (secondary N) is 1. The molecule has 0 amide bonds. The number of carboxylic acids is 1. The van der Waals surface area contributed by atoms with E-state index in [9.17, 15) is 4.79 Å². The minimum absolute atomic E-state index is 0.0802. The Hall–Kier alpha value is -1.46. The van der Waals surface area contributed by atoms with Crippen molar-refractivity contribution in [1.29, 1.82) is 0 Å². The lowest BCUT2D eigenvalue weighted by Gasteiger charge is -1.99. The van der Waals surface area contributed by atoms with Crippen molar-refractivity contribution in [1.82, 2.24) is 9.97 Å². The first-order chi connectivity index (χ1) is 8.11. The summed E-state index contributed by atoms with van der Waals surface area (Å²) in [4.78, 5) is 18.1. The number of hydrogen-bond acceptors (Lipinski definition) is 3. The molecular weight excluding hydrogens is 260 g/mol. The summed E-state index contributed by atoms with van der Waals surface area (Å²) in [6, 6.07) is 6.96. The summed E-state index contributed by atoms with van der Waals surface area (Å²) in [7, 11) is 0. The molecule has 0 radical (unpaired) electrons. The zero-order valence-electron chi connectivity index (χ0n) is 8.90. The van der Waals surface area contributed by atoms with Gasteiger partial charge in [-0.3, -0.25) is 0 Å². The first-order valence-electron chi connectivity index (χ1n) is 4.75. The minimum Gasteiger partial charge on any atom is -0.477 e. The van der Waals surface area contributed by atoms with Gasteiger partial charge in [0.1, 0.15) is 5.69 Å². The minimum atomic E-state index is -1.03. The van der Waals surface area contributed by atoms with Crippen LogP contribution in [0.1, 0.15) is 10.5 Å². The molecule has 2 aromatic rings.